The molecule has 1 fully saturated rings. The van der Waals surface area contributed by atoms with Crippen molar-refractivity contribution in [1.29, 1.82) is 0 Å². The van der Waals surface area contributed by atoms with Crippen LogP contribution in [0.1, 0.15) is 18.4 Å². The lowest BCUT2D eigenvalue weighted by Gasteiger charge is -2.07. The summed E-state index contributed by atoms with van der Waals surface area (Å²) in [6.07, 6.45) is 2.34. The molecule has 0 amide bonds. The molecule has 4 heteroatoms. The van der Waals surface area contributed by atoms with E-state index in [1.807, 2.05) is 18.2 Å². The molecule has 0 bridgehead atoms. The first-order chi connectivity index (χ1) is 7.16. The standard InChI is InChI=1S/C11H12N2O2/c14-10-12-8-3-1-2-7(9(8)13-10)6-11(15)4-5-11/h1-3,15H,4-6H2,(H2,12,13,14). The molecule has 0 saturated heterocycles. The molecule has 3 rings (SSSR count). The van der Waals surface area contributed by atoms with E-state index in [0.717, 1.165) is 29.4 Å². The number of rotatable bonds is 2. The smallest absolute Gasteiger partial charge is 0.323 e. The zero-order valence-electron chi connectivity index (χ0n) is 8.21. The predicted octanol–water partition coefficient (Wildman–Crippen LogP) is 0.924. The van der Waals surface area contributed by atoms with Gasteiger partial charge in [-0.2, -0.15) is 0 Å². The van der Waals surface area contributed by atoms with Crippen LogP contribution < -0.4 is 5.69 Å². The molecule has 1 heterocycles. The van der Waals surface area contributed by atoms with Gasteiger partial charge in [-0.25, -0.2) is 4.79 Å². The van der Waals surface area contributed by atoms with Crippen molar-refractivity contribution in [2.24, 2.45) is 0 Å². The topological polar surface area (TPSA) is 68.9 Å². The van der Waals surface area contributed by atoms with E-state index in [-0.39, 0.29) is 5.69 Å². The number of benzene rings is 1. The Labute approximate surface area is 86.0 Å². The highest BCUT2D eigenvalue weighted by Gasteiger charge is 2.40. The van der Waals surface area contributed by atoms with Crippen molar-refractivity contribution in [3.8, 4) is 0 Å². The van der Waals surface area contributed by atoms with Crippen LogP contribution in [0.2, 0.25) is 0 Å². The van der Waals surface area contributed by atoms with Crippen LogP contribution in [0.5, 0.6) is 0 Å². The SMILES string of the molecule is O=c1[nH]c2cccc(CC3(O)CC3)c2[nH]1. The van der Waals surface area contributed by atoms with Crippen LogP contribution in [-0.4, -0.2) is 20.7 Å². The highest BCUT2D eigenvalue weighted by molar-refractivity contribution is 5.78. The average molecular weight is 204 g/mol. The lowest BCUT2D eigenvalue weighted by Crippen LogP contribution is -2.11. The Kier molecular flexibility index (Phi) is 1.59. The zero-order chi connectivity index (χ0) is 10.5. The maximum Gasteiger partial charge on any atom is 0.323 e. The molecule has 15 heavy (non-hydrogen) atoms. The summed E-state index contributed by atoms with van der Waals surface area (Å²) in [5, 5.41) is 9.85. The van der Waals surface area contributed by atoms with E-state index in [9.17, 15) is 9.90 Å². The number of imidazole rings is 1. The van der Waals surface area contributed by atoms with Crippen LogP contribution in [0, 0.1) is 0 Å². The number of fused-ring (bicyclic) bond motifs is 1. The minimum Gasteiger partial charge on any atom is -0.390 e. The Morgan fingerprint density at radius 2 is 2.13 bits per heavy atom. The first-order valence-electron chi connectivity index (χ1n) is 5.09. The van der Waals surface area contributed by atoms with Gasteiger partial charge in [-0.3, -0.25) is 0 Å². The van der Waals surface area contributed by atoms with Crippen molar-refractivity contribution >= 4 is 11.0 Å². The Balaban J connectivity index is 2.12. The van der Waals surface area contributed by atoms with Gasteiger partial charge >= 0.3 is 5.69 Å². The molecule has 1 aromatic carbocycles. The third-order valence-electron chi connectivity index (χ3n) is 2.98. The first-order valence-corrected chi connectivity index (χ1v) is 5.09. The minimum absolute atomic E-state index is 0.194. The molecule has 1 aromatic heterocycles. The molecule has 0 radical (unpaired) electrons. The highest BCUT2D eigenvalue weighted by atomic mass is 16.3. The fourth-order valence-corrected chi connectivity index (χ4v) is 1.94. The van der Waals surface area contributed by atoms with Gasteiger partial charge < -0.3 is 15.1 Å². The molecule has 78 valence electrons. The highest BCUT2D eigenvalue weighted by Crippen LogP contribution is 2.39. The molecule has 2 aromatic rings. The Hall–Kier alpha value is -1.55. The zero-order valence-corrected chi connectivity index (χ0v) is 8.21. The molecule has 4 nitrogen and oxygen atoms in total. The second-order valence-electron chi connectivity index (χ2n) is 4.32. The van der Waals surface area contributed by atoms with Gasteiger partial charge in [0.1, 0.15) is 0 Å². The average Bonchev–Trinajstić information content (AvgIpc) is 2.76. The molecular weight excluding hydrogens is 192 g/mol. The van der Waals surface area contributed by atoms with Crippen LogP contribution in [-0.2, 0) is 6.42 Å². The Morgan fingerprint density at radius 3 is 2.87 bits per heavy atom. The number of aromatic nitrogens is 2. The van der Waals surface area contributed by atoms with E-state index in [1.165, 1.54) is 0 Å². The van der Waals surface area contributed by atoms with Gasteiger partial charge in [0.05, 0.1) is 16.6 Å². The number of hydrogen-bond donors (Lipinski definition) is 3. The third kappa shape index (κ3) is 1.47. The Bertz CT molecular complexity index is 563. The summed E-state index contributed by atoms with van der Waals surface area (Å²) in [7, 11) is 0. The van der Waals surface area contributed by atoms with E-state index in [0.29, 0.717) is 6.42 Å². The predicted molar refractivity (Wildman–Crippen MR) is 56.8 cm³/mol. The van der Waals surface area contributed by atoms with Crippen molar-refractivity contribution in [1.82, 2.24) is 9.97 Å². The summed E-state index contributed by atoms with van der Waals surface area (Å²) in [4.78, 5) is 16.6. The van der Waals surface area contributed by atoms with Crippen molar-refractivity contribution in [2.75, 3.05) is 0 Å². The van der Waals surface area contributed by atoms with Crippen LogP contribution in [0.15, 0.2) is 23.0 Å². The normalized spacial score (nSPS) is 18.2. The maximum atomic E-state index is 11.1. The second-order valence-corrected chi connectivity index (χ2v) is 4.32. The summed E-state index contributed by atoms with van der Waals surface area (Å²) in [5.74, 6) is 0. The van der Waals surface area contributed by atoms with Gasteiger partial charge in [0.15, 0.2) is 0 Å². The van der Waals surface area contributed by atoms with Crippen LogP contribution in [0.25, 0.3) is 11.0 Å². The Morgan fingerprint density at radius 1 is 1.33 bits per heavy atom. The van der Waals surface area contributed by atoms with Crippen molar-refractivity contribution in [3.63, 3.8) is 0 Å². The van der Waals surface area contributed by atoms with Crippen LogP contribution in [0.4, 0.5) is 0 Å². The molecule has 0 spiro atoms. The number of H-pyrrole nitrogens is 2. The van der Waals surface area contributed by atoms with Gasteiger partial charge in [-0.1, -0.05) is 12.1 Å². The van der Waals surface area contributed by atoms with E-state index < -0.39 is 5.60 Å². The fourth-order valence-electron chi connectivity index (χ4n) is 1.94. The van der Waals surface area contributed by atoms with E-state index in [1.54, 1.807) is 0 Å². The lowest BCUT2D eigenvalue weighted by molar-refractivity contribution is 0.151. The van der Waals surface area contributed by atoms with Crippen molar-refractivity contribution < 1.29 is 5.11 Å². The molecule has 0 atom stereocenters. The molecule has 0 unspecified atom stereocenters. The van der Waals surface area contributed by atoms with E-state index >= 15 is 0 Å². The fraction of sp³-hybridized carbons (Fsp3) is 0.364. The van der Waals surface area contributed by atoms with Gasteiger partial charge in [0.2, 0.25) is 0 Å². The molecule has 0 aliphatic heterocycles. The van der Waals surface area contributed by atoms with Gasteiger partial charge in [-0.15, -0.1) is 0 Å². The number of aromatic amines is 2. The van der Waals surface area contributed by atoms with Crippen molar-refractivity contribution in [2.45, 2.75) is 24.9 Å². The maximum absolute atomic E-state index is 11.1. The summed E-state index contributed by atoms with van der Waals surface area (Å²) in [5.41, 5.74) is 1.92. The van der Waals surface area contributed by atoms with Gasteiger partial charge in [-0.05, 0) is 24.5 Å². The number of hydrogen-bond acceptors (Lipinski definition) is 2. The van der Waals surface area contributed by atoms with E-state index in [4.69, 9.17) is 0 Å². The second kappa shape index (κ2) is 2.73. The summed E-state index contributed by atoms with van der Waals surface area (Å²) >= 11 is 0. The summed E-state index contributed by atoms with van der Waals surface area (Å²) in [6.45, 7) is 0. The molecule has 3 N–H and O–H groups in total. The van der Waals surface area contributed by atoms with Crippen LogP contribution in [0.3, 0.4) is 0 Å². The lowest BCUT2D eigenvalue weighted by atomic mass is 10.1. The molecular formula is C11H12N2O2. The summed E-state index contributed by atoms with van der Waals surface area (Å²) < 4.78 is 0. The minimum atomic E-state index is -0.525. The first kappa shape index (κ1) is 8.73. The largest absolute Gasteiger partial charge is 0.390 e. The van der Waals surface area contributed by atoms with Gasteiger partial charge in [0.25, 0.3) is 0 Å². The van der Waals surface area contributed by atoms with Crippen molar-refractivity contribution in [3.05, 3.63) is 34.2 Å². The van der Waals surface area contributed by atoms with Crippen LogP contribution >= 0.6 is 0 Å². The number of nitrogens with one attached hydrogen (secondary N) is 2. The monoisotopic (exact) mass is 204 g/mol. The third-order valence-corrected chi connectivity index (χ3v) is 2.98. The number of para-hydroxylation sites is 1. The molecule has 1 aliphatic carbocycles. The quantitative estimate of drug-likeness (QED) is 0.681. The summed E-state index contributed by atoms with van der Waals surface area (Å²) in [6, 6.07) is 5.70. The number of aliphatic hydroxyl groups is 1. The van der Waals surface area contributed by atoms with E-state index in [2.05, 4.69) is 9.97 Å². The molecule has 1 saturated carbocycles. The van der Waals surface area contributed by atoms with Gasteiger partial charge in [0, 0.05) is 6.42 Å². The molecule has 1 aliphatic rings.